The van der Waals surface area contributed by atoms with E-state index in [9.17, 15) is 19.5 Å². The van der Waals surface area contributed by atoms with Crippen LogP contribution >= 0.6 is 0 Å². The molecule has 3 fully saturated rings. The molecule has 0 spiro atoms. The van der Waals surface area contributed by atoms with Gasteiger partial charge in [0.25, 0.3) is 0 Å². The minimum atomic E-state index is -1.07. The number of Topliss-reactive ketones (excluding diaryl/α,β-unsaturated/α-hetero) is 1. The lowest BCUT2D eigenvalue weighted by atomic mass is 9.46. The molecular formula is C25H34O7. The van der Waals surface area contributed by atoms with Crippen LogP contribution in [-0.4, -0.2) is 56.4 Å². The number of methoxy groups -OCH3 is 3. The van der Waals surface area contributed by atoms with Gasteiger partial charge in [0.1, 0.15) is 0 Å². The fourth-order valence-corrected chi connectivity index (χ4v) is 7.76. The Balaban J connectivity index is 1.76. The first-order valence-electron chi connectivity index (χ1n) is 11.4. The summed E-state index contributed by atoms with van der Waals surface area (Å²) < 4.78 is 15.6. The molecule has 7 nitrogen and oxygen atoms in total. The fourth-order valence-electron chi connectivity index (χ4n) is 7.76. The van der Waals surface area contributed by atoms with E-state index in [0.717, 1.165) is 18.4 Å². The Kier molecular flexibility index (Phi) is 5.97. The number of aliphatic hydroxyl groups is 1. The minimum Gasteiger partial charge on any atom is -0.469 e. The van der Waals surface area contributed by atoms with Crippen molar-refractivity contribution in [2.24, 2.45) is 40.4 Å². The number of esters is 1. The van der Waals surface area contributed by atoms with E-state index in [1.807, 2.05) is 13.0 Å². The number of carbonyl (C=O) groups excluding carboxylic acids is 3. The highest BCUT2D eigenvalue weighted by atomic mass is 16.7. The first-order valence-corrected chi connectivity index (χ1v) is 11.4. The van der Waals surface area contributed by atoms with Crippen molar-refractivity contribution >= 4 is 17.5 Å². The van der Waals surface area contributed by atoms with Crippen LogP contribution in [0.3, 0.4) is 0 Å². The third kappa shape index (κ3) is 3.24. The lowest BCUT2D eigenvalue weighted by molar-refractivity contribution is -0.174. The molecule has 4 rings (SSSR count). The van der Waals surface area contributed by atoms with E-state index < -0.39 is 41.0 Å². The number of rotatable bonds is 5. The van der Waals surface area contributed by atoms with Gasteiger partial charge in [-0.3, -0.25) is 14.4 Å². The van der Waals surface area contributed by atoms with Crippen molar-refractivity contribution in [1.29, 1.82) is 0 Å². The molecule has 4 aliphatic carbocycles. The summed E-state index contributed by atoms with van der Waals surface area (Å²) in [6.45, 7) is 4.13. The Labute approximate surface area is 189 Å². The second kappa shape index (κ2) is 8.19. The van der Waals surface area contributed by atoms with E-state index in [2.05, 4.69) is 6.92 Å². The zero-order valence-corrected chi connectivity index (χ0v) is 19.5. The summed E-state index contributed by atoms with van der Waals surface area (Å²) in [4.78, 5) is 38.3. The zero-order valence-electron chi connectivity index (χ0n) is 19.5. The highest BCUT2D eigenvalue weighted by Gasteiger charge is 2.66. The monoisotopic (exact) mass is 446 g/mol. The quantitative estimate of drug-likeness (QED) is 0.512. The van der Waals surface area contributed by atoms with Gasteiger partial charge < -0.3 is 19.3 Å². The molecule has 32 heavy (non-hydrogen) atoms. The third-order valence-electron chi connectivity index (χ3n) is 9.02. The maximum Gasteiger partial charge on any atom is 0.309 e. The van der Waals surface area contributed by atoms with Crippen LogP contribution in [0.25, 0.3) is 0 Å². The summed E-state index contributed by atoms with van der Waals surface area (Å²) in [6.07, 6.45) is 6.06. The topological polar surface area (TPSA) is 99.1 Å². The van der Waals surface area contributed by atoms with E-state index in [1.54, 1.807) is 12.2 Å². The zero-order chi connectivity index (χ0) is 23.4. The number of carbonyl (C=O) groups is 3. The van der Waals surface area contributed by atoms with E-state index >= 15 is 0 Å². The van der Waals surface area contributed by atoms with Crippen LogP contribution < -0.4 is 0 Å². The molecule has 7 heteroatoms. The molecule has 8 atom stereocenters. The second-order valence-corrected chi connectivity index (χ2v) is 10.3. The molecule has 0 heterocycles. The molecule has 0 amide bonds. The first-order chi connectivity index (χ1) is 15.1. The highest BCUT2D eigenvalue weighted by molar-refractivity contribution is 6.01. The van der Waals surface area contributed by atoms with Crippen molar-refractivity contribution in [1.82, 2.24) is 0 Å². The van der Waals surface area contributed by atoms with Gasteiger partial charge in [-0.25, -0.2) is 0 Å². The van der Waals surface area contributed by atoms with Crippen molar-refractivity contribution < 1.29 is 33.7 Å². The minimum absolute atomic E-state index is 0.00600. The Morgan fingerprint density at radius 2 is 1.88 bits per heavy atom. The van der Waals surface area contributed by atoms with E-state index in [0.29, 0.717) is 12.8 Å². The van der Waals surface area contributed by atoms with Crippen LogP contribution in [-0.2, 0) is 28.6 Å². The molecule has 3 saturated carbocycles. The number of ketones is 2. The number of ether oxygens (including phenoxy) is 3. The molecule has 0 saturated heterocycles. The lowest BCUT2D eigenvalue weighted by Gasteiger charge is -2.58. The van der Waals surface area contributed by atoms with Gasteiger partial charge in [-0.1, -0.05) is 25.5 Å². The fraction of sp³-hybridized carbons (Fsp3) is 0.720. The Morgan fingerprint density at radius 3 is 2.50 bits per heavy atom. The largest absolute Gasteiger partial charge is 0.469 e. The maximum atomic E-state index is 13.5. The second-order valence-electron chi connectivity index (χ2n) is 10.3. The van der Waals surface area contributed by atoms with Gasteiger partial charge in [-0.15, -0.1) is 0 Å². The van der Waals surface area contributed by atoms with Gasteiger partial charge in [0.15, 0.2) is 11.6 Å². The molecule has 1 N–H and O–H groups in total. The molecule has 4 aliphatic rings. The Hall–Kier alpha value is -1.83. The molecule has 176 valence electrons. The van der Waals surface area contributed by atoms with Crippen LogP contribution in [0.5, 0.6) is 0 Å². The number of hydrogen-bond donors (Lipinski definition) is 1. The molecule has 0 aromatic rings. The normalized spacial score (nSPS) is 42.7. The Morgan fingerprint density at radius 1 is 1.19 bits per heavy atom. The Bertz CT molecular complexity index is 872. The van der Waals surface area contributed by atoms with Crippen molar-refractivity contribution in [2.75, 3.05) is 21.3 Å². The van der Waals surface area contributed by atoms with Crippen LogP contribution in [0.15, 0.2) is 23.8 Å². The lowest BCUT2D eigenvalue weighted by Crippen LogP contribution is -2.57. The van der Waals surface area contributed by atoms with Crippen LogP contribution in [0.1, 0.15) is 39.5 Å². The summed E-state index contributed by atoms with van der Waals surface area (Å²) in [5.74, 6) is -1.83. The van der Waals surface area contributed by atoms with Gasteiger partial charge in [-0.05, 0) is 55.1 Å². The van der Waals surface area contributed by atoms with E-state index in [-0.39, 0.29) is 29.3 Å². The molecule has 0 bridgehead atoms. The number of aliphatic hydroxyl groups excluding tert-OH is 1. The van der Waals surface area contributed by atoms with Crippen LogP contribution in [0.2, 0.25) is 0 Å². The van der Waals surface area contributed by atoms with Crippen LogP contribution in [0.4, 0.5) is 0 Å². The number of allylic oxidation sites excluding steroid dienone is 4. The summed E-state index contributed by atoms with van der Waals surface area (Å²) >= 11 is 0. The number of fused-ring (bicyclic) bond motifs is 5. The molecule has 0 radical (unpaired) electrons. The van der Waals surface area contributed by atoms with E-state index in [4.69, 9.17) is 14.2 Å². The average molecular weight is 447 g/mol. The third-order valence-corrected chi connectivity index (χ3v) is 9.02. The smallest absolute Gasteiger partial charge is 0.309 e. The standard InChI is InChI=1S/C25H34O7/c1-24-9-8-14(26)10-13(24)6-7-15-17-11-16(22(29)30-3)20(21(28)23(31-4)32-5)25(17,2)12-18(27)19(15)24/h8-10,15-20,23,27H,6-7,11-12H2,1-5H3/t15-,16?,17-,18-,19+,20+,24-,25-/m0/s1. The van der Waals surface area contributed by atoms with Gasteiger partial charge >= 0.3 is 5.97 Å². The van der Waals surface area contributed by atoms with Crippen molar-refractivity contribution in [3.63, 3.8) is 0 Å². The average Bonchev–Trinajstić information content (AvgIpc) is 3.06. The molecule has 0 aromatic carbocycles. The van der Waals surface area contributed by atoms with Gasteiger partial charge in [-0.2, -0.15) is 0 Å². The molecule has 0 aliphatic heterocycles. The molecule has 0 aromatic heterocycles. The van der Waals surface area contributed by atoms with Gasteiger partial charge in [0.2, 0.25) is 6.29 Å². The predicted octanol–water partition coefficient (Wildman–Crippen LogP) is 2.47. The van der Waals surface area contributed by atoms with Crippen molar-refractivity contribution in [3.8, 4) is 0 Å². The molecule has 1 unspecified atom stereocenters. The number of hydrogen-bond acceptors (Lipinski definition) is 7. The maximum absolute atomic E-state index is 13.5. The van der Waals surface area contributed by atoms with E-state index in [1.165, 1.54) is 21.3 Å². The molecular weight excluding hydrogens is 412 g/mol. The summed E-state index contributed by atoms with van der Waals surface area (Å²) in [7, 11) is 4.16. The van der Waals surface area contributed by atoms with Crippen molar-refractivity contribution in [3.05, 3.63) is 23.8 Å². The summed E-state index contributed by atoms with van der Waals surface area (Å²) in [5, 5.41) is 11.5. The SMILES string of the molecule is COC(=O)C1C[C@H]2[C@@H]3CCC4=CC(=O)C=C[C@]4(C)[C@H]3[C@@H](O)C[C@]2(C)[C@H]1C(=O)C(OC)OC. The van der Waals surface area contributed by atoms with Gasteiger partial charge in [0, 0.05) is 31.5 Å². The first kappa shape index (κ1) is 23.3. The predicted molar refractivity (Wildman–Crippen MR) is 115 cm³/mol. The van der Waals surface area contributed by atoms with Crippen molar-refractivity contribution in [2.45, 2.75) is 51.9 Å². The van der Waals surface area contributed by atoms with Crippen LogP contribution in [0, 0.1) is 40.4 Å². The highest BCUT2D eigenvalue weighted by Crippen LogP contribution is 2.67. The summed E-state index contributed by atoms with van der Waals surface area (Å²) in [5.41, 5.74) is 0.0856. The summed E-state index contributed by atoms with van der Waals surface area (Å²) in [6, 6.07) is 0. The van der Waals surface area contributed by atoms with Gasteiger partial charge in [0.05, 0.1) is 19.1 Å².